The lowest BCUT2D eigenvalue weighted by molar-refractivity contribution is 0.0887. The number of rotatable bonds is 6. The summed E-state index contributed by atoms with van der Waals surface area (Å²) in [6.45, 7) is 2.00. The Bertz CT molecular complexity index is 1180. The number of carbonyl (C=O) groups is 2. The third-order valence-electron chi connectivity index (χ3n) is 5.41. The molecular weight excluding hydrogens is 392 g/mol. The van der Waals surface area contributed by atoms with Crippen LogP contribution in [0.3, 0.4) is 0 Å². The second kappa shape index (κ2) is 8.20. The normalized spacial score (nSPS) is 13.8. The number of nitrogens with one attached hydrogen (secondary N) is 2. The molecule has 31 heavy (non-hydrogen) atoms. The molecule has 2 aromatic carbocycles. The molecule has 158 valence electrons. The van der Waals surface area contributed by atoms with Crippen molar-refractivity contribution in [2.45, 2.75) is 19.5 Å². The number of benzene rings is 2. The van der Waals surface area contributed by atoms with Gasteiger partial charge in [0.2, 0.25) is 0 Å². The van der Waals surface area contributed by atoms with Crippen LogP contribution in [0.25, 0.3) is 11.3 Å². The standard InChI is InChI=1S/C24H24N4O3/c1-4-17(28(2)3)25-22(29)16-12-8-11-15(13-16)21-19-18(23(30)27-21)20(26-24(19)31)14-9-6-5-7-10-14/h5-13,17,27,30H,4H2,1-3H3,(H,25,29). The van der Waals surface area contributed by atoms with E-state index in [2.05, 4.69) is 15.3 Å². The topological polar surface area (TPSA) is 97.8 Å². The number of aromatic amines is 1. The number of fused-ring (bicyclic) bond motifs is 1. The van der Waals surface area contributed by atoms with Crippen LogP contribution in [0.5, 0.6) is 5.88 Å². The first kappa shape index (κ1) is 20.6. The SMILES string of the molecule is CCC(NC(=O)c1cccc(-c2[nH]c(O)c3c2C(=O)N=C3c2ccccc2)c1)N(C)C. The molecule has 0 fully saturated rings. The number of aromatic hydroxyl groups is 1. The minimum absolute atomic E-state index is 0.0849. The minimum Gasteiger partial charge on any atom is -0.494 e. The first-order valence-corrected chi connectivity index (χ1v) is 10.1. The number of amides is 2. The molecule has 0 spiro atoms. The fourth-order valence-electron chi connectivity index (χ4n) is 3.81. The fourth-order valence-corrected chi connectivity index (χ4v) is 3.81. The summed E-state index contributed by atoms with van der Waals surface area (Å²) in [7, 11) is 3.82. The van der Waals surface area contributed by atoms with Crippen molar-refractivity contribution >= 4 is 17.5 Å². The summed E-state index contributed by atoms with van der Waals surface area (Å²) in [6, 6.07) is 16.2. The Morgan fingerprint density at radius 3 is 2.48 bits per heavy atom. The largest absolute Gasteiger partial charge is 0.494 e. The highest BCUT2D eigenvalue weighted by Crippen LogP contribution is 2.38. The zero-order chi connectivity index (χ0) is 22.1. The molecule has 0 saturated heterocycles. The Balaban J connectivity index is 1.71. The van der Waals surface area contributed by atoms with Gasteiger partial charge < -0.3 is 15.4 Å². The lowest BCUT2D eigenvalue weighted by Gasteiger charge is -2.24. The van der Waals surface area contributed by atoms with Crippen molar-refractivity contribution in [3.63, 3.8) is 0 Å². The predicted octanol–water partition coefficient (Wildman–Crippen LogP) is 3.41. The smallest absolute Gasteiger partial charge is 0.280 e. The molecule has 1 aliphatic rings. The van der Waals surface area contributed by atoms with Gasteiger partial charge in [0.25, 0.3) is 11.8 Å². The van der Waals surface area contributed by atoms with Gasteiger partial charge in [-0.2, -0.15) is 0 Å². The van der Waals surface area contributed by atoms with Gasteiger partial charge in [-0.05, 0) is 38.2 Å². The number of nitrogens with zero attached hydrogens (tertiary/aromatic N) is 2. The number of H-pyrrole nitrogens is 1. The number of aromatic nitrogens is 1. The Hall–Kier alpha value is -3.71. The molecule has 1 unspecified atom stereocenters. The number of aliphatic imine (C=N–C) groups is 1. The van der Waals surface area contributed by atoms with Crippen LogP contribution in [0.2, 0.25) is 0 Å². The highest BCUT2D eigenvalue weighted by molar-refractivity contribution is 6.30. The molecule has 2 heterocycles. The van der Waals surface area contributed by atoms with Crippen LogP contribution >= 0.6 is 0 Å². The molecule has 3 N–H and O–H groups in total. The van der Waals surface area contributed by atoms with Crippen molar-refractivity contribution in [1.82, 2.24) is 15.2 Å². The van der Waals surface area contributed by atoms with Crippen molar-refractivity contribution in [1.29, 1.82) is 0 Å². The molecule has 0 saturated carbocycles. The average Bonchev–Trinajstić information content (AvgIpc) is 3.30. The van der Waals surface area contributed by atoms with Crippen molar-refractivity contribution in [2.24, 2.45) is 4.99 Å². The summed E-state index contributed by atoms with van der Waals surface area (Å²) >= 11 is 0. The van der Waals surface area contributed by atoms with Crippen LogP contribution in [-0.4, -0.2) is 52.8 Å². The maximum absolute atomic E-state index is 12.8. The second-order valence-electron chi connectivity index (χ2n) is 7.67. The van der Waals surface area contributed by atoms with E-state index in [1.54, 1.807) is 24.3 Å². The maximum atomic E-state index is 12.8. The number of hydrogen-bond acceptors (Lipinski definition) is 4. The highest BCUT2D eigenvalue weighted by Gasteiger charge is 2.33. The molecule has 0 bridgehead atoms. The molecule has 7 heteroatoms. The Morgan fingerprint density at radius 1 is 1.10 bits per heavy atom. The zero-order valence-corrected chi connectivity index (χ0v) is 17.6. The monoisotopic (exact) mass is 416 g/mol. The maximum Gasteiger partial charge on any atom is 0.280 e. The molecule has 3 aromatic rings. The van der Waals surface area contributed by atoms with E-state index < -0.39 is 5.91 Å². The van der Waals surface area contributed by atoms with Crippen LogP contribution in [0.4, 0.5) is 0 Å². The Kier molecular flexibility index (Phi) is 5.44. The van der Waals surface area contributed by atoms with Gasteiger partial charge >= 0.3 is 0 Å². The van der Waals surface area contributed by atoms with Crippen molar-refractivity contribution in [2.75, 3.05) is 14.1 Å². The summed E-state index contributed by atoms with van der Waals surface area (Å²) < 4.78 is 0. The van der Waals surface area contributed by atoms with Gasteiger partial charge in [-0.1, -0.05) is 49.4 Å². The molecule has 4 rings (SSSR count). The Labute approximate surface area is 180 Å². The van der Waals surface area contributed by atoms with Crippen molar-refractivity contribution in [3.8, 4) is 17.1 Å². The number of hydrogen-bond donors (Lipinski definition) is 3. The van der Waals surface area contributed by atoms with Gasteiger partial charge in [-0.3, -0.25) is 14.5 Å². The van der Waals surface area contributed by atoms with Gasteiger partial charge in [0.1, 0.15) is 0 Å². The highest BCUT2D eigenvalue weighted by atomic mass is 16.3. The van der Waals surface area contributed by atoms with E-state index in [1.807, 2.05) is 56.3 Å². The first-order valence-electron chi connectivity index (χ1n) is 10.1. The molecule has 0 radical (unpaired) electrons. The van der Waals surface area contributed by atoms with Gasteiger partial charge in [0, 0.05) is 11.1 Å². The third-order valence-corrected chi connectivity index (χ3v) is 5.41. The second-order valence-corrected chi connectivity index (χ2v) is 7.67. The van der Waals surface area contributed by atoms with E-state index in [4.69, 9.17) is 0 Å². The summed E-state index contributed by atoms with van der Waals surface area (Å²) in [5.41, 5.74) is 3.43. The van der Waals surface area contributed by atoms with Crippen molar-refractivity contribution in [3.05, 3.63) is 76.9 Å². The lowest BCUT2D eigenvalue weighted by atomic mass is 9.99. The van der Waals surface area contributed by atoms with Crippen LogP contribution in [0.15, 0.2) is 59.6 Å². The first-order chi connectivity index (χ1) is 14.9. The molecule has 1 atom stereocenters. The van der Waals surface area contributed by atoms with E-state index in [-0.39, 0.29) is 18.0 Å². The van der Waals surface area contributed by atoms with Crippen LogP contribution < -0.4 is 5.32 Å². The minimum atomic E-state index is -0.422. The van der Waals surface area contributed by atoms with E-state index in [0.29, 0.717) is 33.7 Å². The molecular formula is C24H24N4O3. The molecule has 1 aromatic heterocycles. The third kappa shape index (κ3) is 3.75. The van der Waals surface area contributed by atoms with E-state index >= 15 is 0 Å². The fraction of sp³-hybridized carbons (Fsp3) is 0.208. The molecule has 7 nitrogen and oxygen atoms in total. The van der Waals surface area contributed by atoms with Gasteiger partial charge in [-0.15, -0.1) is 0 Å². The summed E-state index contributed by atoms with van der Waals surface area (Å²) in [5, 5.41) is 13.6. The molecule has 1 aliphatic heterocycles. The molecule has 0 aliphatic carbocycles. The quantitative estimate of drug-likeness (QED) is 0.537. The van der Waals surface area contributed by atoms with E-state index in [1.165, 1.54) is 0 Å². The van der Waals surface area contributed by atoms with Crippen LogP contribution in [0.1, 0.15) is 45.2 Å². The van der Waals surface area contributed by atoms with Gasteiger partial charge in [-0.25, -0.2) is 4.99 Å². The summed E-state index contributed by atoms with van der Waals surface area (Å²) in [6.07, 6.45) is 0.684. The molecule has 2 amide bonds. The summed E-state index contributed by atoms with van der Waals surface area (Å²) in [5.74, 6) is -0.747. The van der Waals surface area contributed by atoms with Gasteiger partial charge in [0.15, 0.2) is 5.88 Å². The van der Waals surface area contributed by atoms with Crippen LogP contribution in [-0.2, 0) is 0 Å². The van der Waals surface area contributed by atoms with Gasteiger partial charge in [0.05, 0.1) is 28.7 Å². The van der Waals surface area contributed by atoms with E-state index in [9.17, 15) is 14.7 Å². The van der Waals surface area contributed by atoms with Crippen LogP contribution in [0, 0.1) is 0 Å². The summed E-state index contributed by atoms with van der Waals surface area (Å²) in [4.78, 5) is 34.5. The predicted molar refractivity (Wildman–Crippen MR) is 120 cm³/mol. The van der Waals surface area contributed by atoms with Crippen molar-refractivity contribution < 1.29 is 14.7 Å². The zero-order valence-electron chi connectivity index (χ0n) is 17.6. The lowest BCUT2D eigenvalue weighted by Crippen LogP contribution is -2.44. The number of carbonyl (C=O) groups excluding carboxylic acids is 2. The Morgan fingerprint density at radius 2 is 1.81 bits per heavy atom. The average molecular weight is 416 g/mol. The van der Waals surface area contributed by atoms with E-state index in [0.717, 1.165) is 12.0 Å².